The van der Waals surface area contributed by atoms with E-state index in [2.05, 4.69) is 5.32 Å². The van der Waals surface area contributed by atoms with Crippen LogP contribution in [0.25, 0.3) is 0 Å². The molecule has 0 aromatic carbocycles. The molecule has 0 spiro atoms. The van der Waals surface area contributed by atoms with Gasteiger partial charge >= 0.3 is 0 Å². The molecule has 2 N–H and O–H groups in total. The van der Waals surface area contributed by atoms with Crippen molar-refractivity contribution in [3.05, 3.63) is 21.4 Å². The first-order valence-electron chi connectivity index (χ1n) is 6.21. The third kappa shape index (κ3) is 4.15. The summed E-state index contributed by atoms with van der Waals surface area (Å²) in [5.74, 6) is 2.72. The molecule has 0 fully saturated rings. The highest BCUT2D eigenvalue weighted by molar-refractivity contribution is 7.98. The number of aryl methyl sites for hydroxylation is 1. The van der Waals surface area contributed by atoms with E-state index in [1.807, 2.05) is 24.1 Å². The fourth-order valence-electron chi connectivity index (χ4n) is 1.98. The Bertz CT molecular complexity index is 433. The SMILES string of the molecule is CSCC(C)(O)CNC(=O)c1cc2c(s1)CCSC2. The van der Waals surface area contributed by atoms with Gasteiger partial charge in [-0.15, -0.1) is 11.3 Å². The van der Waals surface area contributed by atoms with Gasteiger partial charge in [0, 0.05) is 22.9 Å². The predicted octanol–water partition coefficient (Wildman–Crippen LogP) is 2.38. The molecule has 0 radical (unpaired) electrons. The summed E-state index contributed by atoms with van der Waals surface area (Å²) in [4.78, 5) is 14.2. The summed E-state index contributed by atoms with van der Waals surface area (Å²) in [6.45, 7) is 2.05. The largest absolute Gasteiger partial charge is 0.387 e. The van der Waals surface area contributed by atoms with Crippen molar-refractivity contribution in [1.29, 1.82) is 0 Å². The lowest BCUT2D eigenvalue weighted by Gasteiger charge is -2.22. The minimum Gasteiger partial charge on any atom is -0.387 e. The predicted molar refractivity (Wildman–Crippen MR) is 85.5 cm³/mol. The smallest absolute Gasteiger partial charge is 0.261 e. The number of nitrogens with one attached hydrogen (secondary N) is 1. The van der Waals surface area contributed by atoms with Crippen LogP contribution < -0.4 is 5.32 Å². The lowest BCUT2D eigenvalue weighted by molar-refractivity contribution is 0.0727. The van der Waals surface area contributed by atoms with Crippen molar-refractivity contribution in [3.63, 3.8) is 0 Å². The lowest BCUT2D eigenvalue weighted by Crippen LogP contribution is -2.42. The van der Waals surface area contributed by atoms with E-state index in [1.54, 1.807) is 30.0 Å². The molecule has 0 aliphatic carbocycles. The standard InChI is InChI=1S/C13H19NO2S3/c1-13(16,8-17-2)7-14-12(15)11-5-9-6-18-4-3-10(9)19-11/h5,16H,3-4,6-8H2,1-2H3,(H,14,15). The number of rotatable bonds is 5. The fourth-order valence-corrected chi connectivity index (χ4v) is 4.99. The molecule has 1 amide bonds. The van der Waals surface area contributed by atoms with Crippen molar-refractivity contribution in [3.8, 4) is 0 Å². The van der Waals surface area contributed by atoms with E-state index in [9.17, 15) is 9.90 Å². The minimum absolute atomic E-state index is 0.0641. The van der Waals surface area contributed by atoms with Gasteiger partial charge in [-0.1, -0.05) is 0 Å². The second-order valence-electron chi connectivity index (χ2n) is 4.97. The van der Waals surface area contributed by atoms with Gasteiger partial charge in [-0.2, -0.15) is 23.5 Å². The zero-order valence-corrected chi connectivity index (χ0v) is 13.6. The van der Waals surface area contributed by atoms with Gasteiger partial charge in [-0.25, -0.2) is 0 Å². The molecule has 6 heteroatoms. The number of carbonyl (C=O) groups is 1. The number of fused-ring (bicyclic) bond motifs is 1. The van der Waals surface area contributed by atoms with E-state index in [-0.39, 0.29) is 5.91 Å². The first-order valence-corrected chi connectivity index (χ1v) is 9.57. The van der Waals surface area contributed by atoms with Crippen LogP contribution >= 0.6 is 34.9 Å². The fraction of sp³-hybridized carbons (Fsp3) is 0.615. The monoisotopic (exact) mass is 317 g/mol. The Kier molecular flexibility index (Phi) is 5.22. The number of carbonyl (C=O) groups excluding carboxylic acids is 1. The van der Waals surface area contributed by atoms with E-state index in [0.717, 1.165) is 22.8 Å². The molecule has 1 aromatic heterocycles. The zero-order valence-electron chi connectivity index (χ0n) is 11.2. The first kappa shape index (κ1) is 15.2. The number of hydrogen-bond acceptors (Lipinski definition) is 5. The van der Waals surface area contributed by atoms with Crippen LogP contribution in [0, 0.1) is 0 Å². The summed E-state index contributed by atoms with van der Waals surface area (Å²) in [5.41, 5.74) is 0.462. The molecular formula is C13H19NO2S3. The highest BCUT2D eigenvalue weighted by Gasteiger charge is 2.22. The Labute approximate surface area is 126 Å². The molecule has 1 unspecified atom stereocenters. The van der Waals surface area contributed by atoms with Gasteiger partial charge < -0.3 is 10.4 Å². The van der Waals surface area contributed by atoms with Gasteiger partial charge in [-0.05, 0) is 37.0 Å². The number of thiophene rings is 1. The van der Waals surface area contributed by atoms with Crippen LogP contribution in [0.15, 0.2) is 6.07 Å². The summed E-state index contributed by atoms with van der Waals surface area (Å²) < 4.78 is 0. The third-order valence-electron chi connectivity index (χ3n) is 2.94. The van der Waals surface area contributed by atoms with Gasteiger partial charge in [0.05, 0.1) is 10.5 Å². The maximum Gasteiger partial charge on any atom is 0.261 e. The Morgan fingerprint density at radius 3 is 3.11 bits per heavy atom. The molecule has 2 heterocycles. The van der Waals surface area contributed by atoms with Gasteiger partial charge in [0.15, 0.2) is 0 Å². The van der Waals surface area contributed by atoms with Crippen LogP contribution in [0.1, 0.15) is 27.0 Å². The maximum atomic E-state index is 12.1. The first-order chi connectivity index (χ1) is 9.02. The van der Waals surface area contributed by atoms with Crippen molar-refractivity contribution >= 4 is 40.8 Å². The van der Waals surface area contributed by atoms with E-state index in [4.69, 9.17) is 0 Å². The molecule has 19 heavy (non-hydrogen) atoms. The average molecular weight is 318 g/mol. The van der Waals surface area contributed by atoms with Crippen LogP contribution in [-0.2, 0) is 12.2 Å². The van der Waals surface area contributed by atoms with Crippen molar-refractivity contribution < 1.29 is 9.90 Å². The lowest BCUT2D eigenvalue weighted by atomic mass is 10.1. The minimum atomic E-state index is -0.845. The van der Waals surface area contributed by atoms with Gasteiger partial charge in [0.1, 0.15) is 0 Å². The Morgan fingerprint density at radius 1 is 1.63 bits per heavy atom. The highest BCUT2D eigenvalue weighted by atomic mass is 32.2. The number of hydrogen-bond donors (Lipinski definition) is 2. The zero-order chi connectivity index (χ0) is 13.9. The molecule has 1 atom stereocenters. The Hall–Kier alpha value is -0.170. The number of thioether (sulfide) groups is 2. The second kappa shape index (κ2) is 6.52. The topological polar surface area (TPSA) is 49.3 Å². The molecule has 2 rings (SSSR count). The number of aliphatic hydroxyl groups is 1. The highest BCUT2D eigenvalue weighted by Crippen LogP contribution is 2.31. The summed E-state index contributed by atoms with van der Waals surface area (Å²) in [6.07, 6.45) is 3.02. The van der Waals surface area contributed by atoms with Crippen LogP contribution in [-0.4, -0.2) is 40.9 Å². The molecule has 3 nitrogen and oxygen atoms in total. The number of amides is 1. The van der Waals surface area contributed by atoms with Crippen LogP contribution in [0.2, 0.25) is 0 Å². The van der Waals surface area contributed by atoms with E-state index in [0.29, 0.717) is 12.3 Å². The van der Waals surface area contributed by atoms with Crippen LogP contribution in [0.5, 0.6) is 0 Å². The van der Waals surface area contributed by atoms with Gasteiger partial charge in [0.25, 0.3) is 5.91 Å². The van der Waals surface area contributed by atoms with Gasteiger partial charge in [-0.3, -0.25) is 4.79 Å². The van der Waals surface area contributed by atoms with E-state index in [1.165, 1.54) is 10.4 Å². The quantitative estimate of drug-likeness (QED) is 0.875. The normalized spacial score (nSPS) is 17.6. The molecule has 106 valence electrons. The van der Waals surface area contributed by atoms with Gasteiger partial charge in [0.2, 0.25) is 0 Å². The van der Waals surface area contributed by atoms with Crippen molar-refractivity contribution in [2.75, 3.05) is 24.3 Å². The van der Waals surface area contributed by atoms with Crippen molar-refractivity contribution in [2.45, 2.75) is 24.7 Å². The third-order valence-corrected chi connectivity index (χ3v) is 6.09. The molecule has 1 aliphatic rings. The summed E-state index contributed by atoms with van der Waals surface area (Å²) in [5, 5.41) is 12.9. The summed E-state index contributed by atoms with van der Waals surface area (Å²) in [7, 11) is 0. The molecule has 0 saturated heterocycles. The maximum absolute atomic E-state index is 12.1. The summed E-state index contributed by atoms with van der Waals surface area (Å²) >= 11 is 5.09. The summed E-state index contributed by atoms with van der Waals surface area (Å²) in [6, 6.07) is 2.00. The Balaban J connectivity index is 1.95. The van der Waals surface area contributed by atoms with Crippen molar-refractivity contribution in [1.82, 2.24) is 5.32 Å². The van der Waals surface area contributed by atoms with Crippen LogP contribution in [0.4, 0.5) is 0 Å². The second-order valence-corrected chi connectivity index (χ2v) is 8.08. The van der Waals surface area contributed by atoms with Crippen LogP contribution in [0.3, 0.4) is 0 Å². The molecule has 0 saturated carbocycles. The molecule has 0 bridgehead atoms. The van der Waals surface area contributed by atoms with Crippen molar-refractivity contribution in [2.24, 2.45) is 0 Å². The molecule has 1 aromatic rings. The Morgan fingerprint density at radius 2 is 2.42 bits per heavy atom. The average Bonchev–Trinajstić information content (AvgIpc) is 2.79. The van der Waals surface area contributed by atoms with E-state index >= 15 is 0 Å². The molecule has 1 aliphatic heterocycles. The molecular weight excluding hydrogens is 298 g/mol. The van der Waals surface area contributed by atoms with E-state index < -0.39 is 5.60 Å².